The second-order valence-corrected chi connectivity index (χ2v) is 7.76. The van der Waals surface area contributed by atoms with Gasteiger partial charge in [-0.3, -0.25) is 14.9 Å². The van der Waals surface area contributed by atoms with Gasteiger partial charge in [-0.1, -0.05) is 53.8 Å². The van der Waals surface area contributed by atoms with Crippen LogP contribution in [0.15, 0.2) is 54.6 Å². The molecule has 0 fully saturated rings. The van der Waals surface area contributed by atoms with Crippen LogP contribution in [0.25, 0.3) is 0 Å². The Balaban J connectivity index is 1.44. The largest absolute Gasteiger partial charge is 0.466 e. The average Bonchev–Trinajstić information content (AvgIpc) is 3.21. The number of amides is 3. The molecule has 0 spiro atoms. The van der Waals surface area contributed by atoms with E-state index in [1.54, 1.807) is 31.2 Å². The van der Waals surface area contributed by atoms with Crippen molar-refractivity contribution in [3.8, 4) is 0 Å². The van der Waals surface area contributed by atoms with Crippen LogP contribution in [0.4, 0.5) is 15.6 Å². The van der Waals surface area contributed by atoms with Crippen LogP contribution in [0.5, 0.6) is 0 Å². The Morgan fingerprint density at radius 3 is 2.38 bits per heavy atom. The highest BCUT2D eigenvalue weighted by Crippen LogP contribution is 2.17. The molecule has 1 aromatic heterocycles. The molecule has 3 aromatic rings. The van der Waals surface area contributed by atoms with Crippen LogP contribution in [0.3, 0.4) is 0 Å². The smallest absolute Gasteiger partial charge is 0.325 e. The number of carbonyl (C=O) groups excluding carboxylic acids is 3. The zero-order valence-electron chi connectivity index (χ0n) is 17.5. The van der Waals surface area contributed by atoms with E-state index in [4.69, 9.17) is 4.74 Å². The molecule has 0 aliphatic heterocycles. The van der Waals surface area contributed by atoms with E-state index >= 15 is 0 Å². The number of nitrogens with zero attached hydrogens (tertiary/aromatic N) is 2. The number of benzene rings is 2. The Morgan fingerprint density at radius 1 is 0.906 bits per heavy atom. The number of rotatable bonds is 9. The lowest BCUT2D eigenvalue weighted by Gasteiger charge is -2.06. The number of aromatic nitrogens is 2. The number of urea groups is 1. The van der Waals surface area contributed by atoms with E-state index in [-0.39, 0.29) is 29.8 Å². The number of hydrogen-bond donors (Lipinski definition) is 3. The molecule has 0 unspecified atom stereocenters. The van der Waals surface area contributed by atoms with Crippen molar-refractivity contribution >= 4 is 40.1 Å². The molecule has 32 heavy (non-hydrogen) atoms. The summed E-state index contributed by atoms with van der Waals surface area (Å²) >= 11 is 1.13. The van der Waals surface area contributed by atoms with E-state index in [1.165, 1.54) is 0 Å². The van der Waals surface area contributed by atoms with Crippen LogP contribution in [0.1, 0.15) is 23.1 Å². The summed E-state index contributed by atoms with van der Waals surface area (Å²) in [6.07, 6.45) is 0.253. The number of ether oxygens (including phenoxy) is 1. The molecular formula is C22H23N5O4S. The first kappa shape index (κ1) is 22.9. The quantitative estimate of drug-likeness (QED) is 0.428. The fourth-order valence-corrected chi connectivity index (χ4v) is 3.45. The summed E-state index contributed by atoms with van der Waals surface area (Å²) in [5, 5.41) is 16.7. The third kappa shape index (κ3) is 7.47. The third-order valence-corrected chi connectivity index (χ3v) is 5.04. The second kappa shape index (κ2) is 11.6. The first-order chi connectivity index (χ1) is 15.5. The zero-order chi connectivity index (χ0) is 22.8. The molecule has 3 rings (SSSR count). The van der Waals surface area contributed by atoms with Crippen molar-refractivity contribution in [2.45, 2.75) is 26.3 Å². The van der Waals surface area contributed by atoms with E-state index < -0.39 is 6.03 Å². The lowest BCUT2D eigenvalue weighted by atomic mass is 10.1. The van der Waals surface area contributed by atoms with E-state index in [0.717, 1.165) is 22.5 Å². The van der Waals surface area contributed by atoms with Gasteiger partial charge in [0.15, 0.2) is 0 Å². The molecule has 0 radical (unpaired) electrons. The Bertz CT molecular complexity index is 1050. The highest BCUT2D eigenvalue weighted by Gasteiger charge is 2.12. The predicted molar refractivity (Wildman–Crippen MR) is 121 cm³/mol. The van der Waals surface area contributed by atoms with Crippen LogP contribution in [0.2, 0.25) is 0 Å². The summed E-state index contributed by atoms with van der Waals surface area (Å²) < 4.78 is 4.91. The molecule has 2 aromatic carbocycles. The molecule has 166 valence electrons. The van der Waals surface area contributed by atoms with Gasteiger partial charge in [0.05, 0.1) is 19.4 Å². The standard InChI is InChI=1S/C22H23N5O4S/c1-2-31-20(29)12-15-8-10-17(11-9-15)24-21(30)25-22-27-26-19(32-22)13-18(28)23-14-16-6-4-3-5-7-16/h3-11H,2,12-14H2,1H3,(H,23,28)(H2,24,25,27,30). The fraction of sp³-hybridized carbons (Fsp3) is 0.227. The molecule has 9 nitrogen and oxygen atoms in total. The number of nitrogens with one attached hydrogen (secondary N) is 3. The molecule has 3 amide bonds. The molecule has 0 saturated heterocycles. The molecule has 0 saturated carbocycles. The summed E-state index contributed by atoms with van der Waals surface area (Å²) in [6, 6.07) is 16.0. The maximum Gasteiger partial charge on any atom is 0.325 e. The lowest BCUT2D eigenvalue weighted by molar-refractivity contribution is -0.142. The van der Waals surface area contributed by atoms with E-state index in [9.17, 15) is 14.4 Å². The van der Waals surface area contributed by atoms with Gasteiger partial charge in [0.25, 0.3) is 0 Å². The molecular weight excluding hydrogens is 430 g/mol. The molecule has 0 bridgehead atoms. The molecule has 1 heterocycles. The van der Waals surface area contributed by atoms with Crippen molar-refractivity contribution in [1.82, 2.24) is 15.5 Å². The van der Waals surface area contributed by atoms with Crippen LogP contribution < -0.4 is 16.0 Å². The molecule has 0 aliphatic rings. The SMILES string of the molecule is CCOC(=O)Cc1ccc(NC(=O)Nc2nnc(CC(=O)NCc3ccccc3)s2)cc1. The van der Waals surface area contributed by atoms with Gasteiger partial charge in [0.1, 0.15) is 5.01 Å². The minimum Gasteiger partial charge on any atom is -0.466 e. The van der Waals surface area contributed by atoms with E-state index in [2.05, 4.69) is 26.1 Å². The van der Waals surface area contributed by atoms with Gasteiger partial charge in [-0.15, -0.1) is 10.2 Å². The van der Waals surface area contributed by atoms with Crippen molar-refractivity contribution in [2.75, 3.05) is 17.2 Å². The van der Waals surface area contributed by atoms with Gasteiger partial charge in [0, 0.05) is 12.2 Å². The first-order valence-electron chi connectivity index (χ1n) is 9.97. The first-order valence-corrected chi connectivity index (χ1v) is 10.8. The van der Waals surface area contributed by atoms with Crippen molar-refractivity contribution in [1.29, 1.82) is 0 Å². The Hall–Kier alpha value is -3.79. The summed E-state index contributed by atoms with van der Waals surface area (Å²) in [7, 11) is 0. The highest BCUT2D eigenvalue weighted by atomic mass is 32.1. The number of anilines is 2. The maximum absolute atomic E-state index is 12.2. The Kier molecular flexibility index (Phi) is 8.27. The normalized spacial score (nSPS) is 10.3. The van der Waals surface area contributed by atoms with Crippen LogP contribution in [-0.4, -0.2) is 34.7 Å². The van der Waals surface area contributed by atoms with Gasteiger partial charge < -0.3 is 15.4 Å². The van der Waals surface area contributed by atoms with E-state index in [0.29, 0.717) is 23.8 Å². The molecule has 3 N–H and O–H groups in total. The van der Waals surface area contributed by atoms with Gasteiger partial charge in [-0.25, -0.2) is 4.79 Å². The van der Waals surface area contributed by atoms with Crippen molar-refractivity contribution < 1.29 is 19.1 Å². The predicted octanol–water partition coefficient (Wildman–Crippen LogP) is 3.15. The number of carbonyl (C=O) groups is 3. The van der Waals surface area contributed by atoms with Crippen molar-refractivity contribution in [3.05, 3.63) is 70.7 Å². The van der Waals surface area contributed by atoms with E-state index in [1.807, 2.05) is 30.3 Å². The minimum absolute atomic E-state index is 0.0791. The van der Waals surface area contributed by atoms with Gasteiger partial charge >= 0.3 is 12.0 Å². The fourth-order valence-electron chi connectivity index (χ4n) is 2.72. The summed E-state index contributed by atoms with van der Waals surface area (Å²) in [6.45, 7) is 2.53. The second-order valence-electron chi connectivity index (χ2n) is 6.70. The van der Waals surface area contributed by atoms with Crippen molar-refractivity contribution in [2.24, 2.45) is 0 Å². The minimum atomic E-state index is -0.487. The highest BCUT2D eigenvalue weighted by molar-refractivity contribution is 7.15. The monoisotopic (exact) mass is 453 g/mol. The summed E-state index contributed by atoms with van der Waals surface area (Å²) in [4.78, 5) is 35.8. The van der Waals surface area contributed by atoms with Crippen LogP contribution >= 0.6 is 11.3 Å². The number of esters is 1. The summed E-state index contributed by atoms with van der Waals surface area (Å²) in [5.41, 5.74) is 2.35. The Morgan fingerprint density at radius 2 is 1.66 bits per heavy atom. The molecule has 0 atom stereocenters. The van der Waals surface area contributed by atoms with Crippen LogP contribution in [0, 0.1) is 0 Å². The van der Waals surface area contributed by atoms with Gasteiger partial charge in [-0.05, 0) is 30.2 Å². The molecule has 0 aliphatic carbocycles. The lowest BCUT2D eigenvalue weighted by Crippen LogP contribution is -2.24. The van der Waals surface area contributed by atoms with Gasteiger partial charge in [0.2, 0.25) is 11.0 Å². The molecule has 10 heteroatoms. The average molecular weight is 454 g/mol. The van der Waals surface area contributed by atoms with Gasteiger partial charge in [-0.2, -0.15) is 0 Å². The van der Waals surface area contributed by atoms with Crippen molar-refractivity contribution in [3.63, 3.8) is 0 Å². The number of hydrogen-bond acceptors (Lipinski definition) is 7. The third-order valence-electron chi connectivity index (χ3n) is 4.20. The summed E-state index contributed by atoms with van der Waals surface area (Å²) in [5.74, 6) is -0.476. The zero-order valence-corrected chi connectivity index (χ0v) is 18.3. The maximum atomic E-state index is 12.2. The topological polar surface area (TPSA) is 122 Å². The van der Waals surface area contributed by atoms with Crippen LogP contribution in [-0.2, 0) is 33.7 Å². The Labute approximate surface area is 189 Å².